The predicted molar refractivity (Wildman–Crippen MR) is 103 cm³/mol. The van der Waals surface area contributed by atoms with Crippen molar-refractivity contribution in [2.24, 2.45) is 0 Å². The van der Waals surface area contributed by atoms with Crippen molar-refractivity contribution >= 4 is 11.6 Å². The molecule has 3 aromatic heterocycles. The largest absolute Gasteiger partial charge is 0.334 e. The molecule has 0 saturated carbocycles. The van der Waals surface area contributed by atoms with Crippen LogP contribution in [0, 0.1) is 12.7 Å². The van der Waals surface area contributed by atoms with Gasteiger partial charge in [-0.2, -0.15) is 4.98 Å². The zero-order valence-electron chi connectivity index (χ0n) is 15.8. The van der Waals surface area contributed by atoms with E-state index in [-0.39, 0.29) is 5.69 Å². The third-order valence-corrected chi connectivity index (χ3v) is 4.29. The molecule has 0 fully saturated rings. The number of carbonyl (C=O) groups excluding carboxylic acids is 1. The Morgan fingerprint density at radius 2 is 2.14 bits per heavy atom. The first kappa shape index (κ1) is 18.5. The van der Waals surface area contributed by atoms with Crippen LogP contribution in [0.3, 0.4) is 0 Å². The van der Waals surface area contributed by atoms with Crippen LogP contribution >= 0.6 is 0 Å². The Bertz CT molecular complexity index is 1180. The van der Waals surface area contributed by atoms with Crippen LogP contribution in [0.5, 0.6) is 0 Å². The highest BCUT2D eigenvalue weighted by Crippen LogP contribution is 2.24. The molecule has 0 bridgehead atoms. The van der Waals surface area contributed by atoms with E-state index in [9.17, 15) is 9.18 Å². The maximum Gasteiger partial charge on any atom is 0.275 e. The Hall–Kier alpha value is -3.88. The van der Waals surface area contributed by atoms with Crippen molar-refractivity contribution in [1.29, 1.82) is 0 Å². The van der Waals surface area contributed by atoms with Gasteiger partial charge in [0.2, 0.25) is 0 Å². The molecule has 1 aromatic carbocycles. The van der Waals surface area contributed by atoms with Gasteiger partial charge in [0.15, 0.2) is 11.6 Å². The summed E-state index contributed by atoms with van der Waals surface area (Å²) in [7, 11) is 0. The lowest BCUT2D eigenvalue weighted by molar-refractivity contribution is 0.102. The summed E-state index contributed by atoms with van der Waals surface area (Å²) in [5.41, 5.74) is 1.62. The number of hydrogen-bond acceptors (Lipinski definition) is 6. The molecule has 146 valence electrons. The van der Waals surface area contributed by atoms with E-state index < -0.39 is 11.7 Å². The number of aryl methyl sites for hydroxylation is 2. The number of imidazole rings is 1. The average Bonchev–Trinajstić information content (AvgIpc) is 3.40. The van der Waals surface area contributed by atoms with E-state index in [1.807, 2.05) is 6.92 Å². The van der Waals surface area contributed by atoms with Gasteiger partial charge in [0.05, 0.1) is 5.56 Å². The second kappa shape index (κ2) is 7.63. The number of benzene rings is 1. The molecule has 0 saturated heterocycles. The molecule has 9 heteroatoms. The summed E-state index contributed by atoms with van der Waals surface area (Å²) in [6.07, 6.45) is 5.26. The van der Waals surface area contributed by atoms with Gasteiger partial charge in [0, 0.05) is 24.5 Å². The number of rotatable bonds is 5. The van der Waals surface area contributed by atoms with Crippen LogP contribution in [0.4, 0.5) is 10.1 Å². The Morgan fingerprint density at radius 3 is 2.90 bits per heavy atom. The molecule has 0 radical (unpaired) electrons. The molecule has 0 aliphatic rings. The van der Waals surface area contributed by atoms with Gasteiger partial charge in [-0.15, -0.1) is 0 Å². The fourth-order valence-electron chi connectivity index (χ4n) is 2.70. The molecular formula is C20H17FN6O2. The number of aromatic nitrogens is 5. The van der Waals surface area contributed by atoms with Gasteiger partial charge in [0.1, 0.15) is 17.8 Å². The van der Waals surface area contributed by atoms with Crippen LogP contribution in [0.1, 0.15) is 28.8 Å². The Morgan fingerprint density at radius 1 is 1.28 bits per heavy atom. The molecular weight excluding hydrogens is 375 g/mol. The van der Waals surface area contributed by atoms with Gasteiger partial charge < -0.3 is 9.84 Å². The zero-order valence-corrected chi connectivity index (χ0v) is 15.8. The van der Waals surface area contributed by atoms with Gasteiger partial charge >= 0.3 is 0 Å². The van der Waals surface area contributed by atoms with Crippen molar-refractivity contribution in [3.05, 3.63) is 72.0 Å². The molecule has 1 N–H and O–H groups in total. The summed E-state index contributed by atoms with van der Waals surface area (Å²) in [5.74, 6) is 0.561. The minimum Gasteiger partial charge on any atom is -0.334 e. The fourth-order valence-corrected chi connectivity index (χ4v) is 2.70. The number of carbonyl (C=O) groups is 1. The number of hydrogen-bond donors (Lipinski definition) is 1. The van der Waals surface area contributed by atoms with Crippen molar-refractivity contribution in [3.8, 4) is 17.3 Å². The zero-order chi connectivity index (χ0) is 20.4. The van der Waals surface area contributed by atoms with E-state index in [0.717, 1.165) is 0 Å². The molecule has 4 rings (SSSR count). The van der Waals surface area contributed by atoms with Gasteiger partial charge in [-0.25, -0.2) is 14.4 Å². The maximum absolute atomic E-state index is 13.7. The summed E-state index contributed by atoms with van der Waals surface area (Å²) in [6, 6.07) is 8.04. The maximum atomic E-state index is 13.7. The molecule has 1 amide bonds. The van der Waals surface area contributed by atoms with E-state index in [1.165, 1.54) is 18.6 Å². The third kappa shape index (κ3) is 3.75. The summed E-state index contributed by atoms with van der Waals surface area (Å²) in [4.78, 5) is 25.3. The Kier molecular flexibility index (Phi) is 4.86. The standard InChI is InChI=1S/C20H17FN6O2/c1-3-17-25-20(29-26-17)14-5-4-8-22-18(14)27-10-16(23-11-27)19(28)24-13-7-6-12(2)15(21)9-13/h4-11H,3H2,1-2H3,(H,24,28). The highest BCUT2D eigenvalue weighted by molar-refractivity contribution is 6.02. The second-order valence-corrected chi connectivity index (χ2v) is 6.33. The molecule has 8 nitrogen and oxygen atoms in total. The van der Waals surface area contributed by atoms with Crippen LogP contribution in [-0.2, 0) is 6.42 Å². The normalized spacial score (nSPS) is 10.9. The summed E-state index contributed by atoms with van der Waals surface area (Å²) >= 11 is 0. The lowest BCUT2D eigenvalue weighted by atomic mass is 10.2. The summed E-state index contributed by atoms with van der Waals surface area (Å²) < 4.78 is 20.6. The number of anilines is 1. The summed E-state index contributed by atoms with van der Waals surface area (Å²) in [6.45, 7) is 3.58. The van der Waals surface area contributed by atoms with Crippen molar-refractivity contribution in [2.45, 2.75) is 20.3 Å². The molecule has 29 heavy (non-hydrogen) atoms. The quantitative estimate of drug-likeness (QED) is 0.557. The van der Waals surface area contributed by atoms with Gasteiger partial charge in [-0.3, -0.25) is 9.36 Å². The first-order chi connectivity index (χ1) is 14.0. The predicted octanol–water partition coefficient (Wildman–Crippen LogP) is 3.58. The molecule has 0 spiro atoms. The van der Waals surface area contributed by atoms with E-state index in [1.54, 1.807) is 42.0 Å². The smallest absolute Gasteiger partial charge is 0.275 e. The van der Waals surface area contributed by atoms with Gasteiger partial charge in [0.25, 0.3) is 11.8 Å². The van der Waals surface area contributed by atoms with Crippen molar-refractivity contribution in [3.63, 3.8) is 0 Å². The van der Waals surface area contributed by atoms with E-state index >= 15 is 0 Å². The lowest BCUT2D eigenvalue weighted by Crippen LogP contribution is -2.12. The molecule has 3 heterocycles. The van der Waals surface area contributed by atoms with Crippen molar-refractivity contribution in [1.82, 2.24) is 24.7 Å². The van der Waals surface area contributed by atoms with Gasteiger partial charge in [-0.1, -0.05) is 18.1 Å². The number of nitrogens with one attached hydrogen (secondary N) is 1. The molecule has 0 unspecified atom stereocenters. The Balaban J connectivity index is 1.61. The highest BCUT2D eigenvalue weighted by Gasteiger charge is 2.17. The van der Waals surface area contributed by atoms with Crippen LogP contribution in [0.15, 0.2) is 53.6 Å². The van der Waals surface area contributed by atoms with E-state index in [0.29, 0.717) is 40.8 Å². The SMILES string of the molecule is CCc1noc(-c2cccnc2-n2cnc(C(=O)Nc3ccc(C)c(F)c3)c2)n1. The topological polar surface area (TPSA) is 98.7 Å². The summed E-state index contributed by atoms with van der Waals surface area (Å²) in [5, 5.41) is 6.54. The highest BCUT2D eigenvalue weighted by atomic mass is 19.1. The van der Waals surface area contributed by atoms with Crippen molar-refractivity contribution < 1.29 is 13.7 Å². The van der Waals surface area contributed by atoms with Crippen molar-refractivity contribution in [2.75, 3.05) is 5.32 Å². The lowest BCUT2D eigenvalue weighted by Gasteiger charge is -2.05. The third-order valence-electron chi connectivity index (χ3n) is 4.29. The monoisotopic (exact) mass is 392 g/mol. The first-order valence-electron chi connectivity index (χ1n) is 8.95. The minimum absolute atomic E-state index is 0.155. The minimum atomic E-state index is -0.462. The first-order valence-corrected chi connectivity index (χ1v) is 8.95. The van der Waals surface area contributed by atoms with Crippen LogP contribution in [0.25, 0.3) is 17.3 Å². The average molecular weight is 392 g/mol. The number of amides is 1. The van der Waals surface area contributed by atoms with Crippen LogP contribution in [-0.4, -0.2) is 30.6 Å². The molecule has 0 aliphatic carbocycles. The fraction of sp³-hybridized carbons (Fsp3) is 0.150. The Labute approximate surface area is 165 Å². The molecule has 4 aromatic rings. The number of nitrogens with zero attached hydrogens (tertiary/aromatic N) is 5. The van der Waals surface area contributed by atoms with Crippen LogP contribution < -0.4 is 5.32 Å². The second-order valence-electron chi connectivity index (χ2n) is 6.33. The van der Waals surface area contributed by atoms with Gasteiger partial charge in [-0.05, 0) is 36.8 Å². The molecule has 0 atom stereocenters. The number of pyridine rings is 1. The van der Waals surface area contributed by atoms with E-state index in [2.05, 4.69) is 25.4 Å². The molecule has 0 aliphatic heterocycles. The van der Waals surface area contributed by atoms with E-state index in [4.69, 9.17) is 4.52 Å². The number of halogens is 1. The van der Waals surface area contributed by atoms with Crippen LogP contribution in [0.2, 0.25) is 0 Å².